The lowest BCUT2D eigenvalue weighted by Crippen LogP contribution is -2.40. The van der Waals surface area contributed by atoms with Crippen LogP contribution in [0.3, 0.4) is 0 Å². The van der Waals surface area contributed by atoms with Crippen molar-refractivity contribution in [3.05, 3.63) is 64.7 Å². The molecule has 1 aliphatic heterocycles. The van der Waals surface area contributed by atoms with Crippen molar-refractivity contribution in [1.82, 2.24) is 5.32 Å². The molecule has 0 saturated heterocycles. The van der Waals surface area contributed by atoms with Crippen LogP contribution in [0.4, 0.5) is 13.2 Å². The van der Waals surface area contributed by atoms with Crippen LogP contribution >= 0.6 is 0 Å². The molecule has 1 atom stereocenters. The molecule has 4 nitrogen and oxygen atoms in total. The number of rotatable bonds is 4. The minimum absolute atomic E-state index is 0.0340. The van der Waals surface area contributed by atoms with Crippen LogP contribution in [0.2, 0.25) is 0 Å². The number of hydrogen-bond acceptors (Lipinski definition) is 4. The molecule has 1 aliphatic rings. The van der Waals surface area contributed by atoms with Crippen LogP contribution in [0.25, 0.3) is 0 Å². The molecule has 0 radical (unpaired) electrons. The minimum Gasteiger partial charge on any atom is -0.488 e. The normalized spacial score (nSPS) is 19.6. The number of benzene rings is 2. The molecule has 0 aliphatic carbocycles. The van der Waals surface area contributed by atoms with Crippen molar-refractivity contribution in [3.63, 3.8) is 0 Å². The lowest BCUT2D eigenvalue weighted by Gasteiger charge is -2.30. The number of hydrogen-bond donors (Lipinski definition) is 3. The van der Waals surface area contributed by atoms with E-state index in [1.807, 2.05) is 0 Å². The van der Waals surface area contributed by atoms with E-state index in [0.717, 1.165) is 12.1 Å². The first-order valence-corrected chi connectivity index (χ1v) is 7.83. The molecule has 2 aromatic rings. The number of nitrogens with one attached hydrogen (secondary N) is 1. The molecule has 0 saturated carbocycles. The fourth-order valence-corrected chi connectivity index (χ4v) is 3.07. The largest absolute Gasteiger partial charge is 0.488 e. The van der Waals surface area contributed by atoms with E-state index in [2.05, 4.69) is 5.32 Å². The maximum Gasteiger partial charge on any atom is 0.416 e. The Balaban J connectivity index is 2.12. The van der Waals surface area contributed by atoms with Gasteiger partial charge in [-0.1, -0.05) is 24.3 Å². The van der Waals surface area contributed by atoms with Crippen LogP contribution in [-0.4, -0.2) is 29.9 Å². The van der Waals surface area contributed by atoms with E-state index in [1.165, 1.54) is 6.07 Å². The number of aliphatic hydroxyl groups is 2. The fourth-order valence-electron chi connectivity index (χ4n) is 3.07. The summed E-state index contributed by atoms with van der Waals surface area (Å²) in [5.41, 5.74) is -1.25. The molecular weight excluding hydrogens is 335 g/mol. The molecule has 0 fully saturated rings. The Morgan fingerprint density at radius 2 is 1.88 bits per heavy atom. The summed E-state index contributed by atoms with van der Waals surface area (Å²) < 4.78 is 44.7. The molecule has 3 N–H and O–H groups in total. The lowest BCUT2D eigenvalue weighted by molar-refractivity contribution is -0.137. The van der Waals surface area contributed by atoms with Gasteiger partial charge in [0, 0.05) is 18.7 Å². The fraction of sp³-hybridized carbons (Fsp3) is 0.333. The van der Waals surface area contributed by atoms with Crippen molar-refractivity contribution in [2.45, 2.75) is 18.4 Å². The topological polar surface area (TPSA) is 61.7 Å². The zero-order chi connectivity index (χ0) is 18.1. The SMILES string of the molecule is OCCNCC1(O)c2ccc(C(F)(F)F)cc2COc2ccccc21. The second-order valence-corrected chi connectivity index (χ2v) is 5.92. The molecule has 134 valence electrons. The summed E-state index contributed by atoms with van der Waals surface area (Å²) in [4.78, 5) is 0. The third-order valence-electron chi connectivity index (χ3n) is 4.26. The van der Waals surface area contributed by atoms with Gasteiger partial charge < -0.3 is 20.3 Å². The molecule has 0 spiro atoms. The molecular formula is C18H18F3NO3. The maximum absolute atomic E-state index is 13.0. The van der Waals surface area contributed by atoms with E-state index >= 15 is 0 Å². The summed E-state index contributed by atoms with van der Waals surface area (Å²) in [6.45, 7) is 0.0975. The van der Waals surface area contributed by atoms with Gasteiger partial charge in [-0.25, -0.2) is 0 Å². The highest BCUT2D eigenvalue weighted by Gasteiger charge is 2.39. The summed E-state index contributed by atoms with van der Waals surface area (Å²) in [5.74, 6) is 0.417. The second-order valence-electron chi connectivity index (χ2n) is 5.92. The third-order valence-corrected chi connectivity index (χ3v) is 4.26. The highest BCUT2D eigenvalue weighted by atomic mass is 19.4. The summed E-state index contributed by atoms with van der Waals surface area (Å²) in [6, 6.07) is 10.1. The van der Waals surface area contributed by atoms with Gasteiger partial charge in [0.2, 0.25) is 0 Å². The maximum atomic E-state index is 13.0. The zero-order valence-electron chi connectivity index (χ0n) is 13.3. The van der Waals surface area contributed by atoms with Gasteiger partial charge in [0.25, 0.3) is 0 Å². The van der Waals surface area contributed by atoms with Crippen molar-refractivity contribution in [3.8, 4) is 5.75 Å². The van der Waals surface area contributed by atoms with E-state index in [0.29, 0.717) is 16.9 Å². The second kappa shape index (κ2) is 6.67. The summed E-state index contributed by atoms with van der Waals surface area (Å²) in [5, 5.41) is 23.3. The van der Waals surface area contributed by atoms with Crippen LogP contribution in [0.5, 0.6) is 5.75 Å². The van der Waals surface area contributed by atoms with Crippen LogP contribution in [-0.2, 0) is 18.4 Å². The Labute approximate surface area is 142 Å². The van der Waals surface area contributed by atoms with Gasteiger partial charge in [-0.05, 0) is 29.3 Å². The average molecular weight is 353 g/mol. The molecule has 0 amide bonds. The number of fused-ring (bicyclic) bond motifs is 2. The van der Waals surface area contributed by atoms with E-state index in [4.69, 9.17) is 9.84 Å². The number of alkyl halides is 3. The van der Waals surface area contributed by atoms with Gasteiger partial charge in [0.05, 0.1) is 12.2 Å². The van der Waals surface area contributed by atoms with Crippen molar-refractivity contribution in [2.75, 3.05) is 19.7 Å². The predicted octanol–water partition coefficient (Wildman–Crippen LogP) is 2.42. The van der Waals surface area contributed by atoms with Crippen molar-refractivity contribution in [1.29, 1.82) is 0 Å². The van der Waals surface area contributed by atoms with E-state index in [1.54, 1.807) is 24.3 Å². The first kappa shape index (κ1) is 17.7. The molecule has 0 bridgehead atoms. The molecule has 1 unspecified atom stereocenters. The Kier molecular flexibility index (Phi) is 4.73. The zero-order valence-corrected chi connectivity index (χ0v) is 13.3. The highest BCUT2D eigenvalue weighted by molar-refractivity contribution is 5.50. The van der Waals surface area contributed by atoms with E-state index in [-0.39, 0.29) is 31.9 Å². The molecule has 3 rings (SSSR count). The van der Waals surface area contributed by atoms with Gasteiger partial charge in [0.15, 0.2) is 0 Å². The van der Waals surface area contributed by atoms with Crippen molar-refractivity contribution >= 4 is 0 Å². The quantitative estimate of drug-likeness (QED) is 0.739. The van der Waals surface area contributed by atoms with E-state index in [9.17, 15) is 18.3 Å². The van der Waals surface area contributed by atoms with E-state index < -0.39 is 17.3 Å². The average Bonchev–Trinajstić information content (AvgIpc) is 2.70. The number of aliphatic hydroxyl groups excluding tert-OH is 1. The number of ether oxygens (including phenoxy) is 1. The highest BCUT2D eigenvalue weighted by Crippen LogP contribution is 2.41. The molecule has 0 aromatic heterocycles. The summed E-state index contributed by atoms with van der Waals surface area (Å²) in [6.07, 6.45) is -4.47. The standard InChI is InChI=1S/C18H18F3NO3/c19-18(20,21)13-5-6-14-12(9-13)10-25-16-4-2-1-3-15(16)17(14,24)11-22-7-8-23/h1-6,9,22-24H,7-8,10-11H2. The van der Waals surface area contributed by atoms with Gasteiger partial charge in [-0.2, -0.15) is 13.2 Å². The monoisotopic (exact) mass is 353 g/mol. The first-order valence-electron chi connectivity index (χ1n) is 7.83. The van der Waals surface area contributed by atoms with Crippen LogP contribution < -0.4 is 10.1 Å². The van der Waals surface area contributed by atoms with Gasteiger partial charge in [-0.15, -0.1) is 0 Å². The minimum atomic E-state index is -4.47. The predicted molar refractivity (Wildman–Crippen MR) is 85.2 cm³/mol. The summed E-state index contributed by atoms with van der Waals surface area (Å²) >= 11 is 0. The van der Waals surface area contributed by atoms with Crippen LogP contribution in [0, 0.1) is 0 Å². The Bertz CT molecular complexity index is 763. The van der Waals surface area contributed by atoms with Gasteiger partial charge in [0.1, 0.15) is 18.0 Å². The van der Waals surface area contributed by atoms with Crippen molar-refractivity contribution < 1.29 is 28.1 Å². The Hall–Kier alpha value is -2.09. The Morgan fingerprint density at radius 1 is 1.12 bits per heavy atom. The molecule has 7 heteroatoms. The molecule has 1 heterocycles. The van der Waals surface area contributed by atoms with Gasteiger partial charge in [-0.3, -0.25) is 0 Å². The lowest BCUT2D eigenvalue weighted by atomic mass is 9.83. The number of para-hydroxylation sites is 1. The summed E-state index contributed by atoms with van der Waals surface area (Å²) in [7, 11) is 0. The number of halogens is 3. The van der Waals surface area contributed by atoms with Gasteiger partial charge >= 0.3 is 6.18 Å². The first-order chi connectivity index (χ1) is 11.9. The molecule has 25 heavy (non-hydrogen) atoms. The third kappa shape index (κ3) is 3.35. The smallest absolute Gasteiger partial charge is 0.416 e. The van der Waals surface area contributed by atoms with Crippen LogP contribution in [0.1, 0.15) is 22.3 Å². The van der Waals surface area contributed by atoms with Crippen LogP contribution in [0.15, 0.2) is 42.5 Å². The molecule has 2 aromatic carbocycles. The van der Waals surface area contributed by atoms with Crippen molar-refractivity contribution in [2.24, 2.45) is 0 Å². The Morgan fingerprint density at radius 3 is 2.60 bits per heavy atom.